The van der Waals surface area contributed by atoms with Gasteiger partial charge in [-0.3, -0.25) is 0 Å². The third-order valence-electron chi connectivity index (χ3n) is 1.28. The first-order chi connectivity index (χ1) is 7.31. The summed E-state index contributed by atoms with van der Waals surface area (Å²) in [6.45, 7) is 8.18. The number of hydrogen-bond donors (Lipinski definition) is 0. The molecule has 0 N–H and O–H groups in total. The Hall–Kier alpha value is -1.33. The fraction of sp³-hybridized carbons (Fsp3) is 0.500. The van der Waals surface area contributed by atoms with E-state index < -0.39 is 5.97 Å². The lowest BCUT2D eigenvalue weighted by atomic mass is 10.6. The maximum absolute atomic E-state index is 10.6. The lowest BCUT2D eigenvalue weighted by Crippen LogP contribution is -2.11. The van der Waals surface area contributed by atoms with Gasteiger partial charge in [-0.15, -0.1) is 0 Å². The first kappa shape index (κ1) is 13.7. The van der Waals surface area contributed by atoms with Crippen LogP contribution in [0.1, 0.15) is 0 Å². The van der Waals surface area contributed by atoms with Crippen LogP contribution < -0.4 is 0 Å². The summed E-state index contributed by atoms with van der Waals surface area (Å²) in [6, 6.07) is 0. The zero-order valence-corrected chi connectivity index (χ0v) is 8.65. The van der Waals surface area contributed by atoms with Crippen molar-refractivity contribution in [1.29, 1.82) is 0 Å². The number of esters is 1. The van der Waals surface area contributed by atoms with Gasteiger partial charge in [0.2, 0.25) is 0 Å². The molecule has 0 fully saturated rings. The summed E-state index contributed by atoms with van der Waals surface area (Å²) < 4.78 is 19.5. The average molecular weight is 216 g/mol. The van der Waals surface area contributed by atoms with Gasteiger partial charge in [-0.2, -0.15) is 0 Å². The number of carbonyl (C=O) groups is 1. The molecule has 0 radical (unpaired) electrons. The predicted octanol–water partition coefficient (Wildman–Crippen LogP) is 0.866. The summed E-state index contributed by atoms with van der Waals surface area (Å²) in [7, 11) is 0. The molecule has 0 aromatic heterocycles. The predicted molar refractivity (Wildman–Crippen MR) is 54.1 cm³/mol. The van der Waals surface area contributed by atoms with E-state index >= 15 is 0 Å². The Morgan fingerprint density at radius 1 is 1.07 bits per heavy atom. The van der Waals surface area contributed by atoms with Crippen molar-refractivity contribution in [2.75, 3.05) is 33.2 Å². The molecule has 0 aliphatic rings. The van der Waals surface area contributed by atoms with Crippen molar-refractivity contribution in [1.82, 2.24) is 0 Å². The Bertz CT molecular complexity index is 190. The lowest BCUT2D eigenvalue weighted by Gasteiger charge is -2.05. The lowest BCUT2D eigenvalue weighted by molar-refractivity contribution is -0.139. The van der Waals surface area contributed by atoms with E-state index in [1.165, 1.54) is 6.26 Å². The Kier molecular flexibility index (Phi) is 9.80. The van der Waals surface area contributed by atoms with E-state index in [1.807, 2.05) is 0 Å². The van der Waals surface area contributed by atoms with Crippen LogP contribution in [0.3, 0.4) is 0 Å². The van der Waals surface area contributed by atoms with Crippen molar-refractivity contribution in [3.8, 4) is 0 Å². The van der Waals surface area contributed by atoms with Gasteiger partial charge in [0.25, 0.3) is 0 Å². The van der Waals surface area contributed by atoms with Gasteiger partial charge in [-0.05, 0) is 0 Å². The second-order valence-corrected chi connectivity index (χ2v) is 2.34. The first-order valence-corrected chi connectivity index (χ1v) is 4.48. The van der Waals surface area contributed by atoms with Crippen LogP contribution in [0, 0.1) is 0 Å². The van der Waals surface area contributed by atoms with E-state index in [0.29, 0.717) is 19.8 Å². The summed E-state index contributed by atoms with van der Waals surface area (Å²) in [5.74, 6) is -0.450. The average Bonchev–Trinajstić information content (AvgIpc) is 2.26. The molecule has 0 aliphatic heterocycles. The molecule has 0 bridgehead atoms. The molecule has 0 heterocycles. The molecule has 15 heavy (non-hydrogen) atoms. The highest BCUT2D eigenvalue weighted by Crippen LogP contribution is 1.83. The molecule has 0 aromatic carbocycles. The third-order valence-corrected chi connectivity index (χ3v) is 1.28. The fourth-order valence-electron chi connectivity index (χ4n) is 0.635. The Morgan fingerprint density at radius 2 is 1.73 bits per heavy atom. The van der Waals surface area contributed by atoms with E-state index in [2.05, 4.69) is 17.9 Å². The highest BCUT2D eigenvalue weighted by Gasteiger charge is 1.94. The molecule has 0 atom stereocenters. The van der Waals surface area contributed by atoms with Crippen LogP contribution in [-0.2, 0) is 23.7 Å². The molecular formula is C10H16O5. The standard InChI is InChI=1S/C10H16O5/c1-3-10(11)15-8-7-13-5-6-14-9-12-4-2/h3-4H,1-2,5-9H2. The minimum Gasteiger partial charge on any atom is -0.476 e. The van der Waals surface area contributed by atoms with Crippen molar-refractivity contribution in [3.63, 3.8) is 0 Å². The quantitative estimate of drug-likeness (QED) is 0.178. The molecule has 5 nitrogen and oxygen atoms in total. The molecule has 0 saturated heterocycles. The fourth-order valence-corrected chi connectivity index (χ4v) is 0.635. The van der Waals surface area contributed by atoms with Crippen molar-refractivity contribution in [2.45, 2.75) is 0 Å². The second kappa shape index (κ2) is 10.7. The van der Waals surface area contributed by atoms with Crippen molar-refractivity contribution in [2.24, 2.45) is 0 Å². The minimum absolute atomic E-state index is 0.165. The third kappa shape index (κ3) is 10.6. The molecular weight excluding hydrogens is 200 g/mol. The van der Waals surface area contributed by atoms with Crippen molar-refractivity contribution in [3.05, 3.63) is 25.5 Å². The summed E-state index contributed by atoms with van der Waals surface area (Å²) in [5.41, 5.74) is 0. The second-order valence-electron chi connectivity index (χ2n) is 2.34. The molecule has 0 aromatic rings. The van der Waals surface area contributed by atoms with Crippen LogP contribution in [0.25, 0.3) is 0 Å². The monoisotopic (exact) mass is 216 g/mol. The minimum atomic E-state index is -0.450. The summed E-state index contributed by atoms with van der Waals surface area (Å²) >= 11 is 0. The van der Waals surface area contributed by atoms with E-state index in [4.69, 9.17) is 14.2 Å². The van der Waals surface area contributed by atoms with Gasteiger partial charge in [-0.1, -0.05) is 13.2 Å². The Labute approximate surface area is 89.3 Å². The Balaban J connectivity index is 3.01. The van der Waals surface area contributed by atoms with E-state index in [-0.39, 0.29) is 13.4 Å². The normalized spacial score (nSPS) is 9.33. The van der Waals surface area contributed by atoms with Crippen LogP contribution in [0.4, 0.5) is 0 Å². The summed E-state index contributed by atoms with van der Waals surface area (Å²) in [5, 5.41) is 0. The zero-order chi connectivity index (χ0) is 11.4. The summed E-state index contributed by atoms with van der Waals surface area (Å²) in [6.07, 6.45) is 2.41. The van der Waals surface area contributed by atoms with E-state index in [9.17, 15) is 4.79 Å². The molecule has 0 spiro atoms. The smallest absolute Gasteiger partial charge is 0.330 e. The molecule has 0 saturated carbocycles. The van der Waals surface area contributed by atoms with Crippen molar-refractivity contribution >= 4 is 5.97 Å². The van der Waals surface area contributed by atoms with Gasteiger partial charge < -0.3 is 18.9 Å². The highest BCUT2D eigenvalue weighted by molar-refractivity contribution is 5.81. The topological polar surface area (TPSA) is 54.0 Å². The first-order valence-electron chi connectivity index (χ1n) is 4.48. The van der Waals surface area contributed by atoms with Gasteiger partial charge in [0.1, 0.15) is 6.61 Å². The van der Waals surface area contributed by atoms with Crippen LogP contribution >= 0.6 is 0 Å². The maximum Gasteiger partial charge on any atom is 0.330 e. The summed E-state index contributed by atoms with van der Waals surface area (Å²) in [4.78, 5) is 10.6. The van der Waals surface area contributed by atoms with Gasteiger partial charge in [0.15, 0.2) is 6.79 Å². The molecule has 0 rings (SSSR count). The van der Waals surface area contributed by atoms with Gasteiger partial charge >= 0.3 is 5.97 Å². The number of carbonyl (C=O) groups excluding carboxylic acids is 1. The number of ether oxygens (including phenoxy) is 4. The van der Waals surface area contributed by atoms with Crippen LogP contribution in [0.2, 0.25) is 0 Å². The molecule has 0 unspecified atom stereocenters. The van der Waals surface area contributed by atoms with Gasteiger partial charge in [0.05, 0.1) is 26.1 Å². The Morgan fingerprint density at radius 3 is 2.40 bits per heavy atom. The van der Waals surface area contributed by atoms with Crippen molar-refractivity contribution < 1.29 is 23.7 Å². The largest absolute Gasteiger partial charge is 0.476 e. The molecule has 5 heteroatoms. The van der Waals surface area contributed by atoms with E-state index in [0.717, 1.165) is 6.08 Å². The van der Waals surface area contributed by atoms with Gasteiger partial charge in [0, 0.05) is 6.08 Å². The highest BCUT2D eigenvalue weighted by atomic mass is 16.7. The van der Waals surface area contributed by atoms with Crippen LogP contribution in [0.5, 0.6) is 0 Å². The molecule has 0 aliphatic carbocycles. The van der Waals surface area contributed by atoms with E-state index in [1.54, 1.807) is 0 Å². The van der Waals surface area contributed by atoms with Crippen LogP contribution in [0.15, 0.2) is 25.5 Å². The zero-order valence-electron chi connectivity index (χ0n) is 8.65. The molecule has 86 valence electrons. The number of hydrogen-bond acceptors (Lipinski definition) is 5. The van der Waals surface area contributed by atoms with Crippen LogP contribution in [-0.4, -0.2) is 39.2 Å². The SMILES string of the molecule is C=COCOCCOCCOC(=O)C=C. The molecule has 0 amide bonds. The number of rotatable bonds is 10. The van der Waals surface area contributed by atoms with Gasteiger partial charge in [-0.25, -0.2) is 4.79 Å². The maximum atomic E-state index is 10.6.